The van der Waals surface area contributed by atoms with Gasteiger partial charge < -0.3 is 14.6 Å². The summed E-state index contributed by atoms with van der Waals surface area (Å²) in [5.74, 6) is 6.77. The van der Waals surface area contributed by atoms with Crippen molar-refractivity contribution in [3.05, 3.63) is 29.8 Å². The first-order valence-corrected chi connectivity index (χ1v) is 7.02. The molecule has 20 heavy (non-hydrogen) atoms. The van der Waals surface area contributed by atoms with E-state index in [1.54, 1.807) is 0 Å². The highest BCUT2D eigenvalue weighted by molar-refractivity contribution is 5.45. The van der Waals surface area contributed by atoms with Crippen molar-refractivity contribution in [1.82, 2.24) is 4.90 Å². The summed E-state index contributed by atoms with van der Waals surface area (Å²) >= 11 is 0. The molecule has 1 aromatic carbocycles. The van der Waals surface area contributed by atoms with Gasteiger partial charge in [-0.25, -0.2) is 0 Å². The first kappa shape index (κ1) is 14.9. The molecule has 1 N–H and O–H groups in total. The molecule has 0 amide bonds. The van der Waals surface area contributed by atoms with E-state index in [1.165, 1.54) is 0 Å². The normalized spacial score (nSPS) is 15.4. The molecule has 4 nitrogen and oxygen atoms in total. The number of rotatable bonds is 5. The largest absolute Gasteiger partial charge is 0.491 e. The van der Waals surface area contributed by atoms with Gasteiger partial charge in [0.2, 0.25) is 0 Å². The third-order valence-corrected chi connectivity index (χ3v) is 3.12. The maximum atomic E-state index is 8.75. The number of nitrogens with zero attached hydrogens (tertiary/aromatic N) is 1. The number of morpholine rings is 1. The summed E-state index contributed by atoms with van der Waals surface area (Å²) in [5, 5.41) is 8.75. The van der Waals surface area contributed by atoms with Crippen molar-refractivity contribution in [2.45, 2.75) is 6.42 Å². The summed E-state index contributed by atoms with van der Waals surface area (Å²) < 4.78 is 11.1. The first-order chi connectivity index (χ1) is 9.90. The molecule has 0 radical (unpaired) electrons. The Labute approximate surface area is 120 Å². The van der Waals surface area contributed by atoms with Gasteiger partial charge in [-0.05, 0) is 12.1 Å². The topological polar surface area (TPSA) is 41.9 Å². The Balaban J connectivity index is 1.84. The SMILES string of the molecule is OCCC#Cc1ccccc1OCCN1CCOCC1. The maximum absolute atomic E-state index is 8.75. The number of para-hydroxylation sites is 1. The van der Waals surface area contributed by atoms with Crippen molar-refractivity contribution in [2.75, 3.05) is 46.1 Å². The molecule has 0 unspecified atom stereocenters. The molecule has 2 rings (SSSR count). The first-order valence-electron chi connectivity index (χ1n) is 7.02. The average Bonchev–Trinajstić information content (AvgIpc) is 2.50. The van der Waals surface area contributed by atoms with Crippen LogP contribution in [0.25, 0.3) is 0 Å². The Morgan fingerprint density at radius 1 is 1.25 bits per heavy atom. The van der Waals surface area contributed by atoms with Crippen molar-refractivity contribution in [3.8, 4) is 17.6 Å². The van der Waals surface area contributed by atoms with E-state index in [0.717, 1.165) is 44.2 Å². The molecule has 1 fully saturated rings. The summed E-state index contributed by atoms with van der Waals surface area (Å²) in [6.45, 7) is 5.21. The lowest BCUT2D eigenvalue weighted by Crippen LogP contribution is -2.38. The Morgan fingerprint density at radius 3 is 2.85 bits per heavy atom. The van der Waals surface area contributed by atoms with E-state index in [2.05, 4.69) is 16.7 Å². The van der Waals surface area contributed by atoms with Crippen LogP contribution in [0.4, 0.5) is 0 Å². The van der Waals surface area contributed by atoms with Gasteiger partial charge in [0, 0.05) is 26.1 Å². The maximum Gasteiger partial charge on any atom is 0.134 e. The molecule has 1 aliphatic rings. The summed E-state index contributed by atoms with van der Waals surface area (Å²) in [6, 6.07) is 7.76. The highest BCUT2D eigenvalue weighted by Gasteiger charge is 2.10. The standard InChI is InChI=1S/C16H21NO3/c18-11-4-3-6-15-5-1-2-7-16(15)20-14-10-17-8-12-19-13-9-17/h1-2,5,7,18H,4,8-14H2. The molecule has 0 aliphatic carbocycles. The summed E-state index contributed by atoms with van der Waals surface area (Å²) in [6.07, 6.45) is 0.488. The molecular formula is C16H21NO3. The van der Waals surface area contributed by atoms with E-state index in [1.807, 2.05) is 24.3 Å². The Hall–Kier alpha value is -1.54. The van der Waals surface area contributed by atoms with E-state index in [9.17, 15) is 0 Å². The quantitative estimate of drug-likeness (QED) is 0.818. The summed E-state index contributed by atoms with van der Waals surface area (Å²) in [4.78, 5) is 2.34. The number of benzene rings is 1. The zero-order chi connectivity index (χ0) is 14.0. The molecule has 0 aromatic heterocycles. The highest BCUT2D eigenvalue weighted by Crippen LogP contribution is 2.16. The lowest BCUT2D eigenvalue weighted by Gasteiger charge is -2.26. The number of aliphatic hydroxyl groups excluding tert-OH is 1. The number of aliphatic hydroxyl groups is 1. The monoisotopic (exact) mass is 275 g/mol. The second kappa shape index (κ2) is 8.60. The van der Waals surface area contributed by atoms with Crippen LogP contribution in [-0.4, -0.2) is 56.1 Å². The van der Waals surface area contributed by atoms with Crippen molar-refractivity contribution < 1.29 is 14.6 Å². The van der Waals surface area contributed by atoms with Crippen molar-refractivity contribution >= 4 is 0 Å². The average molecular weight is 275 g/mol. The van der Waals surface area contributed by atoms with Gasteiger partial charge in [-0.15, -0.1) is 0 Å². The zero-order valence-corrected chi connectivity index (χ0v) is 11.7. The molecule has 0 bridgehead atoms. The van der Waals surface area contributed by atoms with Crippen molar-refractivity contribution in [2.24, 2.45) is 0 Å². The smallest absolute Gasteiger partial charge is 0.134 e. The molecule has 1 aliphatic heterocycles. The third kappa shape index (κ3) is 4.86. The molecule has 0 atom stereocenters. The second-order valence-corrected chi connectivity index (χ2v) is 4.57. The fourth-order valence-corrected chi connectivity index (χ4v) is 2.02. The lowest BCUT2D eigenvalue weighted by molar-refractivity contribution is 0.0322. The molecule has 108 valence electrons. The van der Waals surface area contributed by atoms with Crippen LogP contribution >= 0.6 is 0 Å². The summed E-state index contributed by atoms with van der Waals surface area (Å²) in [7, 11) is 0. The van der Waals surface area contributed by atoms with Crippen LogP contribution in [0.1, 0.15) is 12.0 Å². The van der Waals surface area contributed by atoms with Gasteiger partial charge in [-0.3, -0.25) is 4.90 Å². The van der Waals surface area contributed by atoms with Crippen LogP contribution in [0.15, 0.2) is 24.3 Å². The third-order valence-electron chi connectivity index (χ3n) is 3.12. The van der Waals surface area contributed by atoms with Crippen LogP contribution in [0.5, 0.6) is 5.75 Å². The lowest BCUT2D eigenvalue weighted by atomic mass is 10.2. The van der Waals surface area contributed by atoms with Crippen LogP contribution in [0, 0.1) is 11.8 Å². The fourth-order valence-electron chi connectivity index (χ4n) is 2.02. The van der Waals surface area contributed by atoms with Gasteiger partial charge in [-0.2, -0.15) is 0 Å². The molecule has 1 saturated heterocycles. The zero-order valence-electron chi connectivity index (χ0n) is 11.7. The predicted molar refractivity (Wildman–Crippen MR) is 77.8 cm³/mol. The molecular weight excluding hydrogens is 254 g/mol. The van der Waals surface area contributed by atoms with E-state index >= 15 is 0 Å². The van der Waals surface area contributed by atoms with Crippen LogP contribution in [-0.2, 0) is 4.74 Å². The number of hydrogen-bond donors (Lipinski definition) is 1. The van der Waals surface area contributed by atoms with Gasteiger partial charge in [0.25, 0.3) is 0 Å². The molecule has 0 spiro atoms. The minimum Gasteiger partial charge on any atom is -0.491 e. The highest BCUT2D eigenvalue weighted by atomic mass is 16.5. The van der Waals surface area contributed by atoms with Gasteiger partial charge in [0.15, 0.2) is 0 Å². The van der Waals surface area contributed by atoms with E-state index in [0.29, 0.717) is 13.0 Å². The molecule has 1 heterocycles. The second-order valence-electron chi connectivity index (χ2n) is 4.57. The van der Waals surface area contributed by atoms with Gasteiger partial charge in [0.1, 0.15) is 12.4 Å². The van der Waals surface area contributed by atoms with E-state index in [-0.39, 0.29) is 6.61 Å². The minimum absolute atomic E-state index is 0.0903. The van der Waals surface area contributed by atoms with Gasteiger partial charge in [-0.1, -0.05) is 24.0 Å². The van der Waals surface area contributed by atoms with Gasteiger partial charge >= 0.3 is 0 Å². The Bertz CT molecular complexity index is 458. The Kier molecular flexibility index (Phi) is 6.39. The van der Waals surface area contributed by atoms with Crippen LogP contribution in [0.2, 0.25) is 0 Å². The minimum atomic E-state index is 0.0903. The van der Waals surface area contributed by atoms with Crippen molar-refractivity contribution in [3.63, 3.8) is 0 Å². The van der Waals surface area contributed by atoms with E-state index in [4.69, 9.17) is 14.6 Å². The number of hydrogen-bond acceptors (Lipinski definition) is 4. The molecule has 1 aromatic rings. The Morgan fingerprint density at radius 2 is 2.05 bits per heavy atom. The molecule has 4 heteroatoms. The van der Waals surface area contributed by atoms with Crippen molar-refractivity contribution in [1.29, 1.82) is 0 Å². The van der Waals surface area contributed by atoms with Crippen LogP contribution < -0.4 is 4.74 Å². The van der Waals surface area contributed by atoms with Crippen LogP contribution in [0.3, 0.4) is 0 Å². The van der Waals surface area contributed by atoms with Gasteiger partial charge in [0.05, 0.1) is 25.4 Å². The molecule has 0 saturated carbocycles. The van der Waals surface area contributed by atoms with E-state index < -0.39 is 0 Å². The summed E-state index contributed by atoms with van der Waals surface area (Å²) in [5.41, 5.74) is 0.878. The fraction of sp³-hybridized carbons (Fsp3) is 0.500. The number of ether oxygens (including phenoxy) is 2. The predicted octanol–water partition coefficient (Wildman–Crippen LogP) is 1.13.